The third kappa shape index (κ3) is 4.93. The van der Waals surface area contributed by atoms with Gasteiger partial charge in [-0.05, 0) is 56.4 Å². The van der Waals surface area contributed by atoms with Gasteiger partial charge in [-0.1, -0.05) is 0 Å². The first-order chi connectivity index (χ1) is 12.9. The second kappa shape index (κ2) is 8.33. The summed E-state index contributed by atoms with van der Waals surface area (Å²) < 4.78 is 39.5. The van der Waals surface area contributed by atoms with E-state index in [-0.39, 0.29) is 31.1 Å². The van der Waals surface area contributed by atoms with E-state index in [9.17, 15) is 13.6 Å². The molecule has 1 N–H and O–H groups in total. The molecule has 1 aromatic carbocycles. The van der Waals surface area contributed by atoms with Crippen molar-refractivity contribution in [3.8, 4) is 22.9 Å². The predicted molar refractivity (Wildman–Crippen MR) is 95.0 cm³/mol. The molecule has 0 unspecified atom stereocenters. The number of benzene rings is 1. The molecule has 7 heteroatoms. The molecule has 0 bridgehead atoms. The minimum absolute atomic E-state index is 0.0818. The lowest BCUT2D eigenvalue weighted by Gasteiger charge is -2.26. The normalized spacial score (nSPS) is 13.9. The summed E-state index contributed by atoms with van der Waals surface area (Å²) in [5, 5.41) is 8.58. The van der Waals surface area contributed by atoms with Crippen LogP contribution in [0.3, 0.4) is 0 Å². The topological polar surface area (TPSA) is 68.7 Å². The first-order valence-corrected chi connectivity index (χ1v) is 8.91. The van der Waals surface area contributed by atoms with E-state index in [0.29, 0.717) is 11.6 Å². The van der Waals surface area contributed by atoms with Gasteiger partial charge in [0.05, 0.1) is 12.3 Å². The number of aromatic nitrogens is 1. The summed E-state index contributed by atoms with van der Waals surface area (Å²) in [4.78, 5) is 14.8. The van der Waals surface area contributed by atoms with Crippen LogP contribution in [0.2, 0.25) is 0 Å². The standard InChI is InChI=1S/C20H21F2NO4/c1-12-8-17(23-18(9-12)27-14-4-2-5-14)13-10-15(21)20(16(22)11-13)26-7-3-6-19(24)25/h8-11,14H,2-7H2,1H3,(H,24,25). The maximum absolute atomic E-state index is 14.3. The molecule has 5 nitrogen and oxygen atoms in total. The number of rotatable bonds is 8. The number of carboxylic acid groups (broad SMARTS) is 1. The molecule has 3 rings (SSSR count). The third-order valence-electron chi connectivity index (χ3n) is 4.36. The van der Waals surface area contributed by atoms with Crippen LogP contribution in [0.4, 0.5) is 8.78 Å². The van der Waals surface area contributed by atoms with Crippen LogP contribution in [0.25, 0.3) is 11.3 Å². The molecule has 1 aromatic heterocycles. The molecule has 0 spiro atoms. The Morgan fingerprint density at radius 3 is 2.52 bits per heavy atom. The van der Waals surface area contributed by atoms with Gasteiger partial charge in [-0.15, -0.1) is 0 Å². The molecule has 1 aliphatic rings. The monoisotopic (exact) mass is 377 g/mol. The average molecular weight is 377 g/mol. The Hall–Kier alpha value is -2.70. The smallest absolute Gasteiger partial charge is 0.303 e. The Labute approximate surface area is 156 Å². The van der Waals surface area contributed by atoms with Crippen molar-refractivity contribution >= 4 is 5.97 Å². The van der Waals surface area contributed by atoms with E-state index < -0.39 is 23.4 Å². The van der Waals surface area contributed by atoms with Gasteiger partial charge in [-0.2, -0.15) is 0 Å². The molecule has 1 fully saturated rings. The molecule has 1 aliphatic carbocycles. The number of ether oxygens (including phenoxy) is 2. The van der Waals surface area contributed by atoms with Crippen LogP contribution in [0, 0.1) is 18.6 Å². The van der Waals surface area contributed by atoms with Crippen molar-refractivity contribution in [2.45, 2.75) is 45.1 Å². The summed E-state index contributed by atoms with van der Waals surface area (Å²) in [6.45, 7) is 1.78. The Balaban J connectivity index is 1.77. The van der Waals surface area contributed by atoms with Gasteiger partial charge in [0, 0.05) is 18.1 Å². The van der Waals surface area contributed by atoms with Crippen molar-refractivity contribution < 1.29 is 28.2 Å². The quantitative estimate of drug-likeness (QED) is 0.686. The van der Waals surface area contributed by atoms with Crippen molar-refractivity contribution in [3.63, 3.8) is 0 Å². The fraction of sp³-hybridized carbons (Fsp3) is 0.400. The highest BCUT2D eigenvalue weighted by atomic mass is 19.1. The van der Waals surface area contributed by atoms with Gasteiger partial charge in [0.1, 0.15) is 6.10 Å². The van der Waals surface area contributed by atoms with Crippen LogP contribution < -0.4 is 9.47 Å². The zero-order valence-corrected chi connectivity index (χ0v) is 15.0. The van der Waals surface area contributed by atoms with Crippen LogP contribution in [0.15, 0.2) is 24.3 Å². The van der Waals surface area contributed by atoms with Gasteiger partial charge < -0.3 is 14.6 Å². The van der Waals surface area contributed by atoms with Gasteiger partial charge >= 0.3 is 5.97 Å². The number of aryl methyl sites for hydroxylation is 1. The van der Waals surface area contributed by atoms with Crippen LogP contribution in [0.1, 0.15) is 37.7 Å². The highest BCUT2D eigenvalue weighted by Crippen LogP contribution is 2.31. The van der Waals surface area contributed by atoms with Crippen LogP contribution in [-0.4, -0.2) is 28.8 Å². The number of hydrogen-bond acceptors (Lipinski definition) is 4. The van der Waals surface area contributed by atoms with Crippen LogP contribution in [0.5, 0.6) is 11.6 Å². The number of carbonyl (C=O) groups is 1. The summed E-state index contributed by atoms with van der Waals surface area (Å²) in [7, 11) is 0. The number of pyridine rings is 1. The average Bonchev–Trinajstić information content (AvgIpc) is 2.56. The third-order valence-corrected chi connectivity index (χ3v) is 4.36. The van der Waals surface area contributed by atoms with Crippen LogP contribution in [-0.2, 0) is 4.79 Å². The van der Waals surface area contributed by atoms with E-state index in [1.54, 1.807) is 12.1 Å². The van der Waals surface area contributed by atoms with Crippen molar-refractivity contribution in [3.05, 3.63) is 41.5 Å². The van der Waals surface area contributed by atoms with Gasteiger partial charge in [0.15, 0.2) is 17.4 Å². The Morgan fingerprint density at radius 1 is 1.22 bits per heavy atom. The van der Waals surface area contributed by atoms with Crippen molar-refractivity contribution in [1.29, 1.82) is 0 Å². The summed E-state index contributed by atoms with van der Waals surface area (Å²) >= 11 is 0. The first-order valence-electron chi connectivity index (χ1n) is 8.91. The number of halogens is 2. The first kappa shape index (κ1) is 19.1. The summed E-state index contributed by atoms with van der Waals surface area (Å²) in [6.07, 6.45) is 3.30. The van der Waals surface area contributed by atoms with Gasteiger partial charge in [0.2, 0.25) is 5.88 Å². The second-order valence-corrected chi connectivity index (χ2v) is 6.65. The van der Waals surface area contributed by atoms with E-state index in [0.717, 1.165) is 37.0 Å². The van der Waals surface area contributed by atoms with Crippen molar-refractivity contribution in [2.24, 2.45) is 0 Å². The predicted octanol–water partition coefficient (Wildman–Crippen LogP) is 4.51. The maximum atomic E-state index is 14.3. The van der Waals surface area contributed by atoms with E-state index in [1.807, 2.05) is 6.92 Å². The van der Waals surface area contributed by atoms with Crippen molar-refractivity contribution in [2.75, 3.05) is 6.61 Å². The molecule has 27 heavy (non-hydrogen) atoms. The Morgan fingerprint density at radius 2 is 1.93 bits per heavy atom. The molecule has 0 radical (unpaired) electrons. The summed E-state index contributed by atoms with van der Waals surface area (Å²) in [5.74, 6) is -2.76. The second-order valence-electron chi connectivity index (χ2n) is 6.65. The molecule has 2 aromatic rings. The summed E-state index contributed by atoms with van der Waals surface area (Å²) in [5.41, 5.74) is 1.58. The molecule has 1 heterocycles. The Bertz CT molecular complexity index is 814. The minimum atomic E-state index is -0.986. The molecule has 144 valence electrons. The maximum Gasteiger partial charge on any atom is 0.303 e. The molecular formula is C20H21F2NO4. The fourth-order valence-corrected chi connectivity index (χ4v) is 2.75. The molecule has 1 saturated carbocycles. The highest BCUT2D eigenvalue weighted by Gasteiger charge is 2.20. The van der Waals surface area contributed by atoms with E-state index in [4.69, 9.17) is 14.6 Å². The Kier molecular flexibility index (Phi) is 5.88. The number of nitrogens with zero attached hydrogens (tertiary/aromatic N) is 1. The molecule has 0 amide bonds. The highest BCUT2D eigenvalue weighted by molar-refractivity contribution is 5.66. The fourth-order valence-electron chi connectivity index (χ4n) is 2.75. The SMILES string of the molecule is Cc1cc(OC2CCC2)nc(-c2cc(F)c(OCCCC(=O)O)c(F)c2)c1. The zero-order chi connectivity index (χ0) is 19.4. The molecule has 0 aliphatic heterocycles. The summed E-state index contributed by atoms with van der Waals surface area (Å²) in [6, 6.07) is 5.85. The van der Waals surface area contributed by atoms with E-state index in [1.165, 1.54) is 0 Å². The zero-order valence-electron chi connectivity index (χ0n) is 15.0. The van der Waals surface area contributed by atoms with Gasteiger partial charge in [0.25, 0.3) is 0 Å². The lowest BCUT2D eigenvalue weighted by Crippen LogP contribution is -2.25. The largest absolute Gasteiger partial charge is 0.488 e. The van der Waals surface area contributed by atoms with Gasteiger partial charge in [-0.25, -0.2) is 13.8 Å². The van der Waals surface area contributed by atoms with E-state index in [2.05, 4.69) is 4.98 Å². The minimum Gasteiger partial charge on any atom is -0.488 e. The molecular weight excluding hydrogens is 356 g/mol. The molecule has 0 saturated heterocycles. The number of aliphatic carboxylic acids is 1. The molecule has 0 atom stereocenters. The van der Waals surface area contributed by atoms with E-state index >= 15 is 0 Å². The van der Waals surface area contributed by atoms with Crippen molar-refractivity contribution in [1.82, 2.24) is 4.98 Å². The van der Waals surface area contributed by atoms with Gasteiger partial charge in [-0.3, -0.25) is 4.79 Å². The lowest BCUT2D eigenvalue weighted by atomic mass is 9.96. The number of hydrogen-bond donors (Lipinski definition) is 1. The van der Waals surface area contributed by atoms with Crippen LogP contribution >= 0.6 is 0 Å². The number of carboxylic acids is 1. The lowest BCUT2D eigenvalue weighted by molar-refractivity contribution is -0.137.